The summed E-state index contributed by atoms with van der Waals surface area (Å²) in [6.07, 6.45) is 11.9. The third kappa shape index (κ3) is 3.29. The number of ether oxygens (including phenoxy) is 2. The number of unbranched alkanes of at least 4 members (excludes halogenated alkanes) is 1. The maximum Gasteiger partial charge on any atom is 0.133 e. The van der Waals surface area contributed by atoms with Gasteiger partial charge in [-0.25, -0.2) is 0 Å². The normalized spacial score (nSPS) is 48.1. The Morgan fingerprint density at radius 3 is 2.57 bits per heavy atom. The third-order valence-electron chi connectivity index (χ3n) is 9.93. The van der Waals surface area contributed by atoms with E-state index in [0.717, 1.165) is 56.1 Å². The highest BCUT2D eigenvalue weighted by molar-refractivity contribution is 5.79. The van der Waals surface area contributed by atoms with E-state index in [4.69, 9.17) is 9.47 Å². The van der Waals surface area contributed by atoms with Crippen molar-refractivity contribution in [2.24, 2.45) is 40.4 Å². The van der Waals surface area contributed by atoms with E-state index < -0.39 is 0 Å². The summed E-state index contributed by atoms with van der Waals surface area (Å²) in [4.78, 5) is 12.2. The van der Waals surface area contributed by atoms with Gasteiger partial charge in [0, 0.05) is 33.2 Å². The van der Waals surface area contributed by atoms with E-state index in [9.17, 15) is 4.79 Å². The van der Waals surface area contributed by atoms with Gasteiger partial charge in [0.05, 0.1) is 6.10 Å². The van der Waals surface area contributed by atoms with E-state index in [0.29, 0.717) is 22.5 Å². The fourth-order valence-electron chi connectivity index (χ4n) is 8.17. The fraction of sp³-hybridized carbons (Fsp3) is 0.960. The first-order valence-corrected chi connectivity index (χ1v) is 12.1. The Bertz CT molecular complexity index is 574. The molecule has 3 nitrogen and oxygen atoms in total. The van der Waals surface area contributed by atoms with Crippen LogP contribution in [0.3, 0.4) is 0 Å². The molecular formula is C25H42O3. The summed E-state index contributed by atoms with van der Waals surface area (Å²) >= 11 is 0. The van der Waals surface area contributed by atoms with Crippen LogP contribution in [-0.4, -0.2) is 32.2 Å². The minimum Gasteiger partial charge on any atom is -0.381 e. The second-order valence-electron chi connectivity index (χ2n) is 11.0. The molecule has 0 bridgehead atoms. The number of carbonyl (C=O) groups excluding carboxylic acids is 1. The van der Waals surface area contributed by atoms with Crippen LogP contribution in [0.4, 0.5) is 0 Å². The monoisotopic (exact) mass is 390 g/mol. The third-order valence-corrected chi connectivity index (χ3v) is 9.93. The van der Waals surface area contributed by atoms with Crippen LogP contribution >= 0.6 is 0 Å². The fourth-order valence-corrected chi connectivity index (χ4v) is 8.17. The minimum atomic E-state index is 0.276. The zero-order valence-electron chi connectivity index (χ0n) is 18.7. The Morgan fingerprint density at radius 1 is 1.04 bits per heavy atom. The maximum atomic E-state index is 12.2. The summed E-state index contributed by atoms with van der Waals surface area (Å²) in [6.45, 7) is 9.22. The molecule has 0 unspecified atom stereocenters. The molecule has 0 aromatic heterocycles. The van der Waals surface area contributed by atoms with Crippen LogP contribution in [0.2, 0.25) is 0 Å². The quantitative estimate of drug-likeness (QED) is 0.549. The van der Waals surface area contributed by atoms with Gasteiger partial charge in [-0.15, -0.1) is 0 Å². The molecule has 4 aliphatic carbocycles. The topological polar surface area (TPSA) is 35.5 Å². The molecule has 3 heteroatoms. The Labute approximate surface area is 172 Å². The van der Waals surface area contributed by atoms with E-state index in [1.54, 1.807) is 0 Å². The van der Waals surface area contributed by atoms with Crippen LogP contribution in [-0.2, 0) is 14.3 Å². The molecule has 4 rings (SSSR count). The predicted octanol–water partition coefficient (Wildman–Crippen LogP) is 5.66. The maximum absolute atomic E-state index is 12.2. The standard InChI is InChI=1S/C25H42O3/c1-5-6-13-28-16-17-7-8-20-19-15-23(27-4)22-14-18(26)9-11-25(22,3)21(19)10-12-24(17,20)2/h17,19-23H,5-16H2,1-4H3/t17-,19+,20+,21+,22-,23-,24-,25-/m1/s1. The average Bonchev–Trinajstić information content (AvgIpc) is 3.02. The molecular weight excluding hydrogens is 348 g/mol. The summed E-state index contributed by atoms with van der Waals surface area (Å²) in [7, 11) is 1.88. The largest absolute Gasteiger partial charge is 0.381 e. The first kappa shape index (κ1) is 20.8. The number of hydrogen-bond donors (Lipinski definition) is 0. The molecule has 4 aliphatic rings. The summed E-state index contributed by atoms with van der Waals surface area (Å²) < 4.78 is 12.2. The molecule has 0 spiro atoms. The summed E-state index contributed by atoms with van der Waals surface area (Å²) in [5.41, 5.74) is 0.744. The van der Waals surface area contributed by atoms with E-state index in [1.165, 1.54) is 44.9 Å². The smallest absolute Gasteiger partial charge is 0.133 e. The molecule has 28 heavy (non-hydrogen) atoms. The van der Waals surface area contributed by atoms with Crippen LogP contribution in [0.25, 0.3) is 0 Å². The molecule has 4 fully saturated rings. The molecule has 0 N–H and O–H groups in total. The predicted molar refractivity (Wildman–Crippen MR) is 112 cm³/mol. The van der Waals surface area contributed by atoms with Gasteiger partial charge in [0.1, 0.15) is 5.78 Å². The number of fused-ring (bicyclic) bond motifs is 5. The highest BCUT2D eigenvalue weighted by atomic mass is 16.5. The molecule has 0 aromatic carbocycles. The molecule has 4 saturated carbocycles. The number of rotatable bonds is 6. The van der Waals surface area contributed by atoms with Crippen LogP contribution in [0.5, 0.6) is 0 Å². The number of hydrogen-bond acceptors (Lipinski definition) is 3. The van der Waals surface area contributed by atoms with Gasteiger partial charge in [-0.2, -0.15) is 0 Å². The number of ketones is 1. The van der Waals surface area contributed by atoms with E-state index >= 15 is 0 Å². The molecule has 0 saturated heterocycles. The van der Waals surface area contributed by atoms with Crippen molar-refractivity contribution in [1.82, 2.24) is 0 Å². The minimum absolute atomic E-state index is 0.276. The SMILES string of the molecule is CCCCOC[C@H]1CC[C@H]2[C@@H]3C[C@@H](OC)[C@H]4CC(=O)CC[C@]4(C)[C@H]3CC[C@]12C. The van der Waals surface area contributed by atoms with Gasteiger partial charge in [-0.05, 0) is 85.4 Å². The highest BCUT2D eigenvalue weighted by Crippen LogP contribution is 2.67. The van der Waals surface area contributed by atoms with Crippen LogP contribution in [0, 0.1) is 40.4 Å². The van der Waals surface area contributed by atoms with Gasteiger partial charge in [-0.1, -0.05) is 27.2 Å². The first-order valence-electron chi connectivity index (χ1n) is 12.1. The van der Waals surface area contributed by atoms with E-state index in [-0.39, 0.29) is 6.10 Å². The molecule has 160 valence electrons. The van der Waals surface area contributed by atoms with Crippen molar-refractivity contribution in [3.8, 4) is 0 Å². The summed E-state index contributed by atoms with van der Waals surface area (Å²) in [6, 6.07) is 0. The molecule has 0 heterocycles. The van der Waals surface area contributed by atoms with Crippen molar-refractivity contribution in [2.45, 2.75) is 91.1 Å². The number of Topliss-reactive ketones (excluding diaryl/α,β-unsaturated/α-hetero) is 1. The zero-order chi connectivity index (χ0) is 19.9. The Morgan fingerprint density at radius 2 is 1.82 bits per heavy atom. The van der Waals surface area contributed by atoms with Gasteiger partial charge < -0.3 is 9.47 Å². The van der Waals surface area contributed by atoms with Gasteiger partial charge in [0.25, 0.3) is 0 Å². The van der Waals surface area contributed by atoms with Crippen LogP contribution in [0.1, 0.15) is 85.0 Å². The van der Waals surface area contributed by atoms with Crippen LogP contribution in [0.15, 0.2) is 0 Å². The van der Waals surface area contributed by atoms with Crippen molar-refractivity contribution in [3.05, 3.63) is 0 Å². The lowest BCUT2D eigenvalue weighted by Crippen LogP contribution is -2.58. The van der Waals surface area contributed by atoms with Crippen molar-refractivity contribution in [1.29, 1.82) is 0 Å². The molecule has 8 atom stereocenters. The lowest BCUT2D eigenvalue weighted by Gasteiger charge is -2.62. The number of methoxy groups -OCH3 is 1. The van der Waals surface area contributed by atoms with Gasteiger partial charge in [0.2, 0.25) is 0 Å². The Kier molecular flexibility index (Phi) is 5.97. The van der Waals surface area contributed by atoms with Crippen molar-refractivity contribution in [3.63, 3.8) is 0 Å². The second-order valence-corrected chi connectivity index (χ2v) is 11.0. The number of carbonyl (C=O) groups is 1. The van der Waals surface area contributed by atoms with Gasteiger partial charge >= 0.3 is 0 Å². The van der Waals surface area contributed by atoms with Gasteiger partial charge in [0.15, 0.2) is 0 Å². The summed E-state index contributed by atoms with van der Waals surface area (Å²) in [5.74, 6) is 4.02. The Balaban J connectivity index is 1.52. The van der Waals surface area contributed by atoms with E-state index in [1.807, 2.05) is 7.11 Å². The first-order chi connectivity index (χ1) is 13.4. The van der Waals surface area contributed by atoms with E-state index in [2.05, 4.69) is 20.8 Å². The highest BCUT2D eigenvalue weighted by Gasteiger charge is 2.62. The lowest BCUT2D eigenvalue weighted by molar-refractivity contribution is -0.172. The Hall–Kier alpha value is -0.410. The zero-order valence-corrected chi connectivity index (χ0v) is 18.7. The average molecular weight is 391 g/mol. The van der Waals surface area contributed by atoms with Crippen molar-refractivity contribution >= 4 is 5.78 Å². The van der Waals surface area contributed by atoms with Crippen molar-refractivity contribution in [2.75, 3.05) is 20.3 Å². The molecule has 0 aromatic rings. The molecule has 0 aliphatic heterocycles. The lowest BCUT2D eigenvalue weighted by atomic mass is 9.44. The summed E-state index contributed by atoms with van der Waals surface area (Å²) in [5, 5.41) is 0. The molecule has 0 amide bonds. The van der Waals surface area contributed by atoms with Crippen molar-refractivity contribution < 1.29 is 14.3 Å². The van der Waals surface area contributed by atoms with Crippen LogP contribution < -0.4 is 0 Å². The second kappa shape index (κ2) is 8.02. The van der Waals surface area contributed by atoms with Gasteiger partial charge in [-0.3, -0.25) is 4.79 Å². The molecule has 0 radical (unpaired) electrons.